The molecule has 0 aliphatic carbocycles. The Morgan fingerprint density at radius 2 is 1.76 bits per heavy atom. The number of aryl methyl sites for hydroxylation is 1. The molecule has 0 saturated heterocycles. The first kappa shape index (κ1) is 18.8. The number of nitrogens with two attached hydrogens (primary N) is 2. The van der Waals surface area contributed by atoms with Gasteiger partial charge in [-0.1, -0.05) is 25.1 Å². The van der Waals surface area contributed by atoms with Crippen molar-refractivity contribution in [1.82, 2.24) is 4.72 Å². The Kier molecular flexibility index (Phi) is 6.00. The molecule has 0 saturated carbocycles. The Morgan fingerprint density at radius 3 is 2.40 bits per heavy atom. The fourth-order valence-electron chi connectivity index (χ4n) is 2.22. The highest BCUT2D eigenvalue weighted by Gasteiger charge is 2.18. The molecule has 0 spiro atoms. The van der Waals surface area contributed by atoms with Crippen LogP contribution in [-0.4, -0.2) is 20.9 Å². The number of anilines is 3. The van der Waals surface area contributed by atoms with E-state index in [0.717, 1.165) is 6.42 Å². The van der Waals surface area contributed by atoms with Crippen LogP contribution < -0.4 is 21.5 Å². The maximum atomic E-state index is 12.2. The predicted octanol–water partition coefficient (Wildman–Crippen LogP) is 1.72. The first-order valence-electron chi connectivity index (χ1n) is 7.86. The number of nitrogens with one attached hydrogen (secondary N) is 2. The van der Waals surface area contributed by atoms with Crippen LogP contribution in [0, 0.1) is 0 Å². The monoisotopic (exact) mass is 362 g/mol. The summed E-state index contributed by atoms with van der Waals surface area (Å²) in [6.07, 6.45) is 0.917. The predicted molar refractivity (Wildman–Crippen MR) is 99.5 cm³/mol. The first-order chi connectivity index (χ1) is 11.8. The first-order valence-corrected chi connectivity index (χ1v) is 9.34. The van der Waals surface area contributed by atoms with Crippen molar-refractivity contribution in [3.05, 3.63) is 48.0 Å². The zero-order valence-electron chi connectivity index (χ0n) is 14.0. The van der Waals surface area contributed by atoms with Crippen molar-refractivity contribution in [1.29, 1.82) is 0 Å². The van der Waals surface area contributed by atoms with Crippen molar-refractivity contribution in [2.75, 3.05) is 23.3 Å². The van der Waals surface area contributed by atoms with E-state index in [-0.39, 0.29) is 35.1 Å². The van der Waals surface area contributed by atoms with Crippen LogP contribution >= 0.6 is 0 Å². The molecule has 0 heterocycles. The van der Waals surface area contributed by atoms with Crippen molar-refractivity contribution in [3.8, 4) is 0 Å². The number of sulfonamides is 1. The molecule has 0 radical (unpaired) electrons. The van der Waals surface area contributed by atoms with Crippen LogP contribution in [0.5, 0.6) is 0 Å². The number of hydrogen-bond acceptors (Lipinski definition) is 5. The van der Waals surface area contributed by atoms with Gasteiger partial charge in [0.1, 0.15) is 4.90 Å². The van der Waals surface area contributed by atoms with Gasteiger partial charge in [-0.2, -0.15) is 0 Å². The van der Waals surface area contributed by atoms with Gasteiger partial charge in [-0.25, -0.2) is 13.1 Å². The summed E-state index contributed by atoms with van der Waals surface area (Å²) in [5.41, 5.74) is 13.4. The Bertz CT molecular complexity index is 849. The molecule has 2 aromatic carbocycles. The van der Waals surface area contributed by atoms with Crippen molar-refractivity contribution in [2.45, 2.75) is 24.7 Å². The third-order valence-electron chi connectivity index (χ3n) is 3.68. The van der Waals surface area contributed by atoms with E-state index in [4.69, 9.17) is 11.5 Å². The minimum absolute atomic E-state index is 0.00300. The molecule has 8 heteroatoms. The Labute approximate surface area is 147 Å². The minimum atomic E-state index is -3.83. The summed E-state index contributed by atoms with van der Waals surface area (Å²) in [4.78, 5) is 11.8. The lowest BCUT2D eigenvalue weighted by Gasteiger charge is -2.10. The zero-order chi connectivity index (χ0) is 18.4. The van der Waals surface area contributed by atoms with Crippen LogP contribution in [-0.2, 0) is 21.2 Å². The van der Waals surface area contributed by atoms with Crippen LogP contribution in [0.15, 0.2) is 47.4 Å². The SMILES string of the molecule is CCc1ccc(NC(=O)CCNS(=O)(=O)c2cccc(N)c2N)cc1. The summed E-state index contributed by atoms with van der Waals surface area (Å²) in [5.74, 6) is -0.285. The minimum Gasteiger partial charge on any atom is -0.397 e. The van der Waals surface area contributed by atoms with Gasteiger partial charge in [-0.15, -0.1) is 0 Å². The van der Waals surface area contributed by atoms with E-state index < -0.39 is 10.0 Å². The van der Waals surface area contributed by atoms with E-state index in [1.165, 1.54) is 23.8 Å². The Hall–Kier alpha value is -2.58. The molecule has 0 unspecified atom stereocenters. The van der Waals surface area contributed by atoms with Crippen LogP contribution in [0.3, 0.4) is 0 Å². The number of carbonyl (C=O) groups is 1. The third kappa shape index (κ3) is 4.94. The molecule has 0 atom stereocenters. The summed E-state index contributed by atoms with van der Waals surface area (Å²) in [5, 5.41) is 2.72. The van der Waals surface area contributed by atoms with Gasteiger partial charge in [0, 0.05) is 18.7 Å². The highest BCUT2D eigenvalue weighted by Crippen LogP contribution is 2.23. The molecule has 0 aliphatic rings. The number of hydrogen-bond donors (Lipinski definition) is 4. The van der Waals surface area contributed by atoms with Gasteiger partial charge >= 0.3 is 0 Å². The summed E-state index contributed by atoms with van der Waals surface area (Å²) in [6.45, 7) is 2.00. The fraction of sp³-hybridized carbons (Fsp3) is 0.235. The summed E-state index contributed by atoms with van der Waals surface area (Å²) < 4.78 is 26.8. The van der Waals surface area contributed by atoms with E-state index in [2.05, 4.69) is 10.0 Å². The van der Waals surface area contributed by atoms with Crippen molar-refractivity contribution >= 4 is 33.0 Å². The highest BCUT2D eigenvalue weighted by molar-refractivity contribution is 7.89. The topological polar surface area (TPSA) is 127 Å². The van der Waals surface area contributed by atoms with Crippen LogP contribution in [0.1, 0.15) is 18.9 Å². The van der Waals surface area contributed by atoms with Crippen molar-refractivity contribution in [2.24, 2.45) is 0 Å². The normalized spacial score (nSPS) is 11.2. The van der Waals surface area contributed by atoms with Crippen LogP contribution in [0.2, 0.25) is 0 Å². The van der Waals surface area contributed by atoms with E-state index in [9.17, 15) is 13.2 Å². The van der Waals surface area contributed by atoms with Gasteiger partial charge in [0.05, 0.1) is 11.4 Å². The molecule has 0 fully saturated rings. The molecule has 134 valence electrons. The quantitative estimate of drug-likeness (QED) is 0.558. The molecule has 0 bridgehead atoms. The molecule has 6 N–H and O–H groups in total. The molecular weight excluding hydrogens is 340 g/mol. The average molecular weight is 362 g/mol. The lowest BCUT2D eigenvalue weighted by Crippen LogP contribution is -2.28. The highest BCUT2D eigenvalue weighted by atomic mass is 32.2. The van der Waals surface area contributed by atoms with Gasteiger partial charge < -0.3 is 16.8 Å². The number of carbonyl (C=O) groups excluding carboxylic acids is 1. The van der Waals surface area contributed by atoms with Gasteiger partial charge in [-0.3, -0.25) is 4.79 Å². The second-order valence-electron chi connectivity index (χ2n) is 5.51. The number of rotatable bonds is 7. The molecule has 2 rings (SSSR count). The van der Waals surface area contributed by atoms with E-state index in [1.54, 1.807) is 0 Å². The third-order valence-corrected chi connectivity index (χ3v) is 5.20. The number of para-hydroxylation sites is 1. The van der Waals surface area contributed by atoms with Gasteiger partial charge in [0.25, 0.3) is 0 Å². The van der Waals surface area contributed by atoms with Crippen LogP contribution in [0.25, 0.3) is 0 Å². The zero-order valence-corrected chi connectivity index (χ0v) is 14.8. The van der Waals surface area contributed by atoms with E-state index in [0.29, 0.717) is 5.69 Å². The van der Waals surface area contributed by atoms with Gasteiger partial charge in [0.15, 0.2) is 0 Å². The molecule has 25 heavy (non-hydrogen) atoms. The maximum Gasteiger partial charge on any atom is 0.242 e. The molecule has 7 nitrogen and oxygen atoms in total. The summed E-state index contributed by atoms with van der Waals surface area (Å²) in [7, 11) is -3.83. The van der Waals surface area contributed by atoms with Gasteiger partial charge in [-0.05, 0) is 36.2 Å². The molecule has 0 aromatic heterocycles. The number of amides is 1. The van der Waals surface area contributed by atoms with Crippen LogP contribution in [0.4, 0.5) is 17.1 Å². The average Bonchev–Trinajstić information content (AvgIpc) is 2.57. The lowest BCUT2D eigenvalue weighted by atomic mass is 10.1. The van der Waals surface area contributed by atoms with E-state index in [1.807, 2.05) is 31.2 Å². The maximum absolute atomic E-state index is 12.2. The second kappa shape index (κ2) is 8.00. The molecular formula is C17H22N4O3S. The van der Waals surface area contributed by atoms with Crippen molar-refractivity contribution < 1.29 is 13.2 Å². The lowest BCUT2D eigenvalue weighted by molar-refractivity contribution is -0.116. The Balaban J connectivity index is 1.90. The fourth-order valence-corrected chi connectivity index (χ4v) is 3.41. The second-order valence-corrected chi connectivity index (χ2v) is 7.24. The standard InChI is InChI=1S/C17H22N4O3S/c1-2-12-6-8-13(9-7-12)21-16(22)10-11-20-25(23,24)15-5-3-4-14(18)17(15)19/h3-9,20H,2,10-11,18-19H2,1H3,(H,21,22). The van der Waals surface area contributed by atoms with E-state index >= 15 is 0 Å². The molecule has 1 amide bonds. The molecule has 0 aliphatic heterocycles. The van der Waals surface area contributed by atoms with Crippen molar-refractivity contribution in [3.63, 3.8) is 0 Å². The summed E-state index contributed by atoms with van der Waals surface area (Å²) in [6, 6.07) is 11.9. The van der Waals surface area contributed by atoms with Gasteiger partial charge in [0.2, 0.25) is 15.9 Å². The number of nitrogen functional groups attached to an aromatic ring is 2. The summed E-state index contributed by atoms with van der Waals surface area (Å²) >= 11 is 0. The largest absolute Gasteiger partial charge is 0.397 e. The Morgan fingerprint density at radius 1 is 1.08 bits per heavy atom. The molecule has 2 aromatic rings. The number of benzene rings is 2. The smallest absolute Gasteiger partial charge is 0.242 e.